The minimum absolute atomic E-state index is 0.535. The van der Waals surface area contributed by atoms with Crippen LogP contribution < -0.4 is 5.14 Å². The molecule has 2 N–H and O–H groups in total. The molecule has 3 nitrogen and oxygen atoms in total. The summed E-state index contributed by atoms with van der Waals surface area (Å²) < 4.78 is 13.0. The van der Waals surface area contributed by atoms with Crippen LogP contribution in [0.25, 0.3) is 10.2 Å². The van der Waals surface area contributed by atoms with Crippen molar-refractivity contribution in [3.8, 4) is 0 Å². The summed E-state index contributed by atoms with van der Waals surface area (Å²) in [6.45, 7) is 0. The third-order valence-electron chi connectivity index (χ3n) is 3.65. The number of hydrogen-bond acceptors (Lipinski definition) is 4. The molecule has 0 saturated heterocycles. The van der Waals surface area contributed by atoms with E-state index in [9.17, 15) is 4.55 Å². The molecule has 5 heteroatoms. The fourth-order valence-corrected chi connectivity index (χ4v) is 4.29. The van der Waals surface area contributed by atoms with Crippen molar-refractivity contribution in [3.63, 3.8) is 0 Å². The van der Waals surface area contributed by atoms with Gasteiger partial charge in [0.15, 0.2) is 0 Å². The Morgan fingerprint density at radius 2 is 2.06 bits per heavy atom. The molecule has 1 aliphatic rings. The van der Waals surface area contributed by atoms with E-state index in [1.165, 1.54) is 49.0 Å². The molecule has 0 spiro atoms. The van der Waals surface area contributed by atoms with Gasteiger partial charge in [0.05, 0.1) is 10.2 Å². The molecule has 1 fully saturated rings. The average molecular weight is 280 g/mol. The van der Waals surface area contributed by atoms with Crippen molar-refractivity contribution >= 4 is 32.9 Å². The third-order valence-corrected chi connectivity index (χ3v) is 5.64. The number of thiazole rings is 1. The Kier molecular flexibility index (Phi) is 3.56. The minimum atomic E-state index is -1.47. The van der Waals surface area contributed by atoms with Crippen molar-refractivity contribution in [2.75, 3.05) is 0 Å². The van der Waals surface area contributed by atoms with Gasteiger partial charge in [-0.25, -0.2) is 0 Å². The summed E-state index contributed by atoms with van der Waals surface area (Å²) >= 11 is -0.0201. The Morgan fingerprint density at radius 3 is 2.78 bits per heavy atom. The normalized spacial score (nSPS) is 19.2. The molecular weight excluding hydrogens is 264 g/mol. The highest BCUT2D eigenvalue weighted by atomic mass is 32.2. The van der Waals surface area contributed by atoms with Gasteiger partial charge in [0, 0.05) is 0 Å². The molecule has 0 amide bonds. The van der Waals surface area contributed by atoms with E-state index in [1.54, 1.807) is 0 Å². The van der Waals surface area contributed by atoms with Gasteiger partial charge in [-0.1, -0.05) is 42.7 Å². The van der Waals surface area contributed by atoms with E-state index in [-0.39, 0.29) is 0 Å². The lowest BCUT2D eigenvalue weighted by molar-refractivity contribution is 0.445. The number of nitrogens with two attached hydrogens (primary N) is 1. The summed E-state index contributed by atoms with van der Waals surface area (Å²) in [6, 6.07) is 6.28. The fourth-order valence-electron chi connectivity index (χ4n) is 2.78. The van der Waals surface area contributed by atoms with Gasteiger partial charge in [-0.2, -0.15) is 4.98 Å². The lowest BCUT2D eigenvalue weighted by atomic mass is 9.84. The standard InChI is InChI=1S/C13H16N2OS2/c14-18(16)13-15-12-10(7-4-8-11(12)17-13)9-5-2-1-3-6-9/h4,7-9H,1-3,5-6,14H2. The van der Waals surface area contributed by atoms with Gasteiger partial charge in [0.1, 0.15) is 11.4 Å². The number of rotatable bonds is 2. The Morgan fingerprint density at radius 1 is 1.28 bits per heavy atom. The Labute approximate surface area is 114 Å². The van der Waals surface area contributed by atoms with E-state index in [0.29, 0.717) is 10.3 Å². The molecule has 1 aromatic heterocycles. The smallest absolute Gasteiger partial charge is 0.323 e. The van der Waals surface area contributed by atoms with Crippen molar-refractivity contribution in [2.24, 2.45) is 5.14 Å². The first-order valence-electron chi connectivity index (χ1n) is 6.31. The lowest BCUT2D eigenvalue weighted by Gasteiger charge is -2.22. The number of hydrogen-bond donors (Lipinski definition) is 1. The predicted octanol–water partition coefficient (Wildman–Crippen LogP) is 3.33. The highest BCUT2D eigenvalue weighted by Crippen LogP contribution is 2.37. The molecule has 2 aromatic rings. The van der Waals surface area contributed by atoms with E-state index in [4.69, 9.17) is 5.14 Å². The highest BCUT2D eigenvalue weighted by molar-refractivity contribution is 7.91. The van der Waals surface area contributed by atoms with E-state index in [1.807, 2.05) is 6.07 Å². The first-order chi connectivity index (χ1) is 8.75. The molecule has 18 heavy (non-hydrogen) atoms. The van der Waals surface area contributed by atoms with Gasteiger partial charge < -0.3 is 4.55 Å². The van der Waals surface area contributed by atoms with Crippen molar-refractivity contribution in [2.45, 2.75) is 42.4 Å². The van der Waals surface area contributed by atoms with Crippen LogP contribution in [0.4, 0.5) is 0 Å². The van der Waals surface area contributed by atoms with Gasteiger partial charge in [0.25, 0.3) is 0 Å². The maximum absolute atomic E-state index is 11.3. The SMILES string of the molecule is N[S+]([O-])c1nc2c(C3CCCCC3)cccc2s1. The second kappa shape index (κ2) is 5.17. The summed E-state index contributed by atoms with van der Waals surface area (Å²) in [5.74, 6) is 0.614. The topological polar surface area (TPSA) is 62.0 Å². The molecule has 0 radical (unpaired) electrons. The molecule has 1 heterocycles. The number of benzene rings is 1. The van der Waals surface area contributed by atoms with Crippen LogP contribution in [0.1, 0.15) is 43.6 Å². The van der Waals surface area contributed by atoms with E-state index in [2.05, 4.69) is 17.1 Å². The average Bonchev–Trinajstić information content (AvgIpc) is 2.83. The summed E-state index contributed by atoms with van der Waals surface area (Å²) in [4.78, 5) is 4.48. The molecule has 96 valence electrons. The second-order valence-electron chi connectivity index (χ2n) is 4.81. The molecule has 1 unspecified atom stereocenters. The van der Waals surface area contributed by atoms with Crippen LogP contribution in [0.2, 0.25) is 0 Å². The van der Waals surface area contributed by atoms with Crippen LogP contribution in [0, 0.1) is 0 Å². The number of nitrogens with zero attached hydrogens (tertiary/aromatic N) is 1. The van der Waals surface area contributed by atoms with Gasteiger partial charge in [-0.15, -0.1) is 5.14 Å². The molecular formula is C13H16N2OS2. The Hall–Kier alpha value is -0.620. The molecule has 3 rings (SSSR count). The summed E-state index contributed by atoms with van der Waals surface area (Å²) in [5.41, 5.74) is 2.34. The van der Waals surface area contributed by atoms with E-state index in [0.717, 1.165) is 10.2 Å². The van der Waals surface area contributed by atoms with E-state index >= 15 is 0 Å². The molecule has 0 bridgehead atoms. The van der Waals surface area contributed by atoms with Gasteiger partial charge in [-0.3, -0.25) is 0 Å². The predicted molar refractivity (Wildman–Crippen MR) is 76.0 cm³/mol. The van der Waals surface area contributed by atoms with Crippen molar-refractivity contribution in [3.05, 3.63) is 23.8 Å². The third kappa shape index (κ3) is 2.28. The monoisotopic (exact) mass is 280 g/mol. The zero-order chi connectivity index (χ0) is 12.5. The van der Waals surface area contributed by atoms with Crippen molar-refractivity contribution < 1.29 is 4.55 Å². The quantitative estimate of drug-likeness (QED) is 0.858. The van der Waals surface area contributed by atoms with Crippen molar-refractivity contribution in [1.29, 1.82) is 0 Å². The first-order valence-corrected chi connectivity index (χ1v) is 8.34. The Bertz CT molecular complexity index is 547. The van der Waals surface area contributed by atoms with Gasteiger partial charge in [0.2, 0.25) is 0 Å². The summed E-state index contributed by atoms with van der Waals surface area (Å²) in [6.07, 6.45) is 6.46. The number of aromatic nitrogens is 1. The van der Waals surface area contributed by atoms with Crippen LogP contribution >= 0.6 is 11.3 Å². The van der Waals surface area contributed by atoms with Crippen molar-refractivity contribution in [1.82, 2.24) is 4.98 Å². The zero-order valence-electron chi connectivity index (χ0n) is 10.1. The maximum atomic E-state index is 11.3. The number of para-hydroxylation sites is 1. The maximum Gasteiger partial charge on any atom is 0.323 e. The second-order valence-corrected chi connectivity index (χ2v) is 7.08. The summed E-state index contributed by atoms with van der Waals surface area (Å²) in [5, 5.41) is 5.43. The minimum Gasteiger partial charge on any atom is -0.591 e. The molecule has 0 aliphatic heterocycles. The fraction of sp³-hybridized carbons (Fsp3) is 0.462. The molecule has 1 aliphatic carbocycles. The van der Waals surface area contributed by atoms with E-state index < -0.39 is 11.4 Å². The largest absolute Gasteiger partial charge is 0.591 e. The van der Waals surface area contributed by atoms with Crippen LogP contribution in [0.5, 0.6) is 0 Å². The molecule has 1 aromatic carbocycles. The lowest BCUT2D eigenvalue weighted by Crippen LogP contribution is -2.11. The number of fused-ring (bicyclic) bond motifs is 1. The van der Waals surface area contributed by atoms with Crippen LogP contribution in [-0.4, -0.2) is 9.54 Å². The summed E-state index contributed by atoms with van der Waals surface area (Å²) in [7, 11) is 0. The van der Waals surface area contributed by atoms with Gasteiger partial charge in [-0.05, 0) is 30.4 Å². The van der Waals surface area contributed by atoms with Gasteiger partial charge >= 0.3 is 4.34 Å². The van der Waals surface area contributed by atoms with Crippen LogP contribution in [0.3, 0.4) is 0 Å². The zero-order valence-corrected chi connectivity index (χ0v) is 11.7. The molecule has 1 atom stereocenters. The molecule has 1 saturated carbocycles. The van der Waals surface area contributed by atoms with Crippen LogP contribution in [-0.2, 0) is 11.4 Å². The highest BCUT2D eigenvalue weighted by Gasteiger charge is 2.21. The first kappa shape index (κ1) is 12.4. The van der Waals surface area contributed by atoms with Crippen LogP contribution in [0.15, 0.2) is 22.5 Å². The Balaban J connectivity index is 2.05.